The van der Waals surface area contributed by atoms with Gasteiger partial charge in [-0.05, 0) is 61.0 Å². The highest BCUT2D eigenvalue weighted by Gasteiger charge is 2.34. The number of halogens is 2. The summed E-state index contributed by atoms with van der Waals surface area (Å²) in [7, 11) is 1.10. The number of ether oxygens (including phenoxy) is 2. The Bertz CT molecular complexity index is 927. The number of imide groups is 1. The van der Waals surface area contributed by atoms with E-state index in [1.807, 2.05) is 0 Å². The summed E-state index contributed by atoms with van der Waals surface area (Å²) in [4.78, 5) is 42.1. The third kappa shape index (κ3) is 4.72. The van der Waals surface area contributed by atoms with Crippen LogP contribution < -0.4 is 4.90 Å². The van der Waals surface area contributed by atoms with E-state index in [0.29, 0.717) is 4.90 Å². The van der Waals surface area contributed by atoms with Crippen LogP contribution in [0.15, 0.2) is 41.1 Å². The molecule has 1 aromatic heterocycles. The summed E-state index contributed by atoms with van der Waals surface area (Å²) in [5, 5.41) is 0. The van der Waals surface area contributed by atoms with Gasteiger partial charge >= 0.3 is 12.1 Å². The highest BCUT2D eigenvalue weighted by molar-refractivity contribution is 9.10. The smallest absolute Gasteiger partial charge is 0.422 e. The van der Waals surface area contributed by atoms with Crippen molar-refractivity contribution in [1.82, 2.24) is 4.98 Å². The van der Waals surface area contributed by atoms with E-state index < -0.39 is 40.6 Å². The number of pyridine rings is 1. The number of carbonyl (C=O) groups excluding carboxylic acids is 3. The normalized spacial score (nSPS) is 10.9. The fourth-order valence-electron chi connectivity index (χ4n) is 2.22. The van der Waals surface area contributed by atoms with Crippen molar-refractivity contribution in [3.05, 3.63) is 58.1 Å². The third-order valence-electron chi connectivity index (χ3n) is 3.39. The van der Waals surface area contributed by atoms with Gasteiger partial charge in [-0.3, -0.25) is 4.79 Å². The van der Waals surface area contributed by atoms with Crippen LogP contribution >= 0.6 is 15.9 Å². The predicted octanol–water partition coefficient (Wildman–Crippen LogP) is 4.35. The largest absolute Gasteiger partial charge is 0.465 e. The first-order valence-corrected chi connectivity index (χ1v) is 8.91. The van der Waals surface area contributed by atoms with E-state index in [0.717, 1.165) is 7.11 Å². The molecule has 148 valence electrons. The van der Waals surface area contributed by atoms with Gasteiger partial charge in [0.15, 0.2) is 5.82 Å². The molecule has 7 nitrogen and oxygen atoms in total. The molecule has 0 saturated carbocycles. The Kier molecular flexibility index (Phi) is 6.50. The van der Waals surface area contributed by atoms with Crippen molar-refractivity contribution in [3.8, 4) is 0 Å². The summed E-state index contributed by atoms with van der Waals surface area (Å²) < 4.78 is 25.0. The van der Waals surface area contributed by atoms with Crippen LogP contribution in [0.25, 0.3) is 0 Å². The minimum Gasteiger partial charge on any atom is -0.465 e. The summed E-state index contributed by atoms with van der Waals surface area (Å²) in [6, 6.07) is 6.61. The summed E-state index contributed by atoms with van der Waals surface area (Å²) in [6.07, 6.45) is 0.339. The molecule has 0 aliphatic carbocycles. The van der Waals surface area contributed by atoms with Gasteiger partial charge in [0.25, 0.3) is 5.91 Å². The Balaban J connectivity index is 2.63. The molecule has 2 rings (SSSR count). The maximum atomic E-state index is 15.0. The van der Waals surface area contributed by atoms with Crippen LogP contribution in [0.4, 0.5) is 14.9 Å². The lowest BCUT2D eigenvalue weighted by Gasteiger charge is -2.27. The van der Waals surface area contributed by atoms with Gasteiger partial charge in [-0.25, -0.2) is 23.9 Å². The fourth-order valence-corrected chi connectivity index (χ4v) is 2.64. The number of methoxy groups -OCH3 is 1. The first-order chi connectivity index (χ1) is 13.1. The van der Waals surface area contributed by atoms with Crippen molar-refractivity contribution in [2.24, 2.45) is 0 Å². The second-order valence-electron chi connectivity index (χ2n) is 6.59. The molecule has 1 aromatic carbocycles. The molecule has 0 N–H and O–H groups in total. The van der Waals surface area contributed by atoms with Crippen molar-refractivity contribution >= 4 is 39.6 Å². The van der Waals surface area contributed by atoms with Crippen molar-refractivity contribution in [3.63, 3.8) is 0 Å². The highest BCUT2D eigenvalue weighted by atomic mass is 79.9. The molecule has 0 spiro atoms. The summed E-state index contributed by atoms with van der Waals surface area (Å²) in [6.45, 7) is 4.82. The molecule has 9 heteroatoms. The molecule has 2 aromatic rings. The van der Waals surface area contributed by atoms with Crippen LogP contribution in [-0.2, 0) is 9.47 Å². The van der Waals surface area contributed by atoms with E-state index in [1.54, 1.807) is 20.8 Å². The summed E-state index contributed by atoms with van der Waals surface area (Å²) >= 11 is 3.14. The zero-order valence-corrected chi connectivity index (χ0v) is 17.2. The molecule has 0 radical (unpaired) electrons. The Morgan fingerprint density at radius 2 is 1.75 bits per heavy atom. The topological polar surface area (TPSA) is 85.8 Å². The number of hydrogen-bond donors (Lipinski definition) is 0. The van der Waals surface area contributed by atoms with Gasteiger partial charge in [0.1, 0.15) is 10.2 Å². The molecule has 1 heterocycles. The van der Waals surface area contributed by atoms with Crippen LogP contribution in [-0.4, -0.2) is 35.7 Å². The molecule has 0 unspecified atom stereocenters. The summed E-state index contributed by atoms with van der Waals surface area (Å²) in [5.41, 5.74) is -1.81. The number of benzene rings is 1. The van der Waals surface area contributed by atoms with Crippen molar-refractivity contribution in [2.75, 3.05) is 12.0 Å². The Hall–Kier alpha value is -2.81. The zero-order chi connectivity index (χ0) is 21.1. The van der Waals surface area contributed by atoms with E-state index in [2.05, 4.69) is 25.7 Å². The minimum atomic E-state index is -1.10. The fraction of sp³-hybridized carbons (Fsp3) is 0.263. The van der Waals surface area contributed by atoms with Gasteiger partial charge in [-0.1, -0.05) is 6.07 Å². The monoisotopic (exact) mass is 452 g/mol. The summed E-state index contributed by atoms with van der Waals surface area (Å²) in [5.74, 6) is -2.91. The van der Waals surface area contributed by atoms with E-state index in [9.17, 15) is 14.4 Å². The van der Waals surface area contributed by atoms with Crippen molar-refractivity contribution in [2.45, 2.75) is 26.4 Å². The second kappa shape index (κ2) is 8.47. The molecule has 2 amide bonds. The van der Waals surface area contributed by atoms with Gasteiger partial charge in [-0.15, -0.1) is 0 Å². The SMILES string of the molecule is COC(=O)c1cccc(N(C(=O)OC(C)(C)C)C(=O)c2cccnc2Br)c1F. The quantitative estimate of drug-likeness (QED) is 0.508. The maximum Gasteiger partial charge on any atom is 0.422 e. The van der Waals surface area contributed by atoms with Crippen LogP contribution in [0.1, 0.15) is 41.5 Å². The number of aromatic nitrogens is 1. The van der Waals surface area contributed by atoms with Crippen LogP contribution in [0.2, 0.25) is 0 Å². The van der Waals surface area contributed by atoms with E-state index >= 15 is 4.39 Å². The van der Waals surface area contributed by atoms with Crippen molar-refractivity contribution < 1.29 is 28.2 Å². The molecule has 0 fully saturated rings. The average molecular weight is 453 g/mol. The lowest BCUT2D eigenvalue weighted by Crippen LogP contribution is -2.42. The predicted molar refractivity (Wildman–Crippen MR) is 103 cm³/mol. The average Bonchev–Trinajstić information content (AvgIpc) is 2.61. The Labute approximate surface area is 169 Å². The first-order valence-electron chi connectivity index (χ1n) is 8.11. The van der Waals surface area contributed by atoms with E-state index in [-0.39, 0.29) is 10.2 Å². The molecule has 0 saturated heterocycles. The van der Waals surface area contributed by atoms with E-state index in [1.165, 1.54) is 36.5 Å². The van der Waals surface area contributed by atoms with Gasteiger partial charge in [-0.2, -0.15) is 0 Å². The van der Waals surface area contributed by atoms with Gasteiger partial charge in [0, 0.05) is 6.20 Å². The van der Waals surface area contributed by atoms with Crippen molar-refractivity contribution in [1.29, 1.82) is 0 Å². The molecular formula is C19H18BrFN2O5. The van der Waals surface area contributed by atoms with E-state index in [4.69, 9.17) is 4.74 Å². The lowest BCUT2D eigenvalue weighted by atomic mass is 10.1. The molecular weight excluding hydrogens is 435 g/mol. The first kappa shape index (κ1) is 21.5. The van der Waals surface area contributed by atoms with Gasteiger partial charge < -0.3 is 9.47 Å². The standard InChI is InChI=1S/C19H18BrFN2O5/c1-19(2,3)28-18(26)23(16(24)12-8-6-10-22-15(12)20)13-9-5-7-11(14(13)21)17(25)27-4/h5-10H,1-4H3. The Morgan fingerprint density at radius 3 is 2.32 bits per heavy atom. The molecule has 0 aliphatic heterocycles. The van der Waals surface area contributed by atoms with Gasteiger partial charge in [0.2, 0.25) is 0 Å². The van der Waals surface area contributed by atoms with Crippen LogP contribution in [0, 0.1) is 5.82 Å². The third-order valence-corrected chi connectivity index (χ3v) is 4.03. The number of hydrogen-bond acceptors (Lipinski definition) is 6. The number of rotatable bonds is 3. The van der Waals surface area contributed by atoms with Gasteiger partial charge in [0.05, 0.1) is 23.9 Å². The number of carbonyl (C=O) groups is 3. The van der Waals surface area contributed by atoms with Crippen LogP contribution in [0.3, 0.4) is 0 Å². The minimum absolute atomic E-state index is 0.0104. The lowest BCUT2D eigenvalue weighted by molar-refractivity contribution is 0.0554. The highest BCUT2D eigenvalue weighted by Crippen LogP contribution is 2.28. The number of anilines is 1. The molecule has 0 atom stereocenters. The van der Waals surface area contributed by atoms with Crippen LogP contribution in [0.5, 0.6) is 0 Å². The number of esters is 1. The molecule has 0 bridgehead atoms. The zero-order valence-electron chi connectivity index (χ0n) is 15.7. The molecule has 28 heavy (non-hydrogen) atoms. The number of amides is 2. The molecule has 0 aliphatic rings. The second-order valence-corrected chi connectivity index (χ2v) is 7.34. The Morgan fingerprint density at radius 1 is 1.11 bits per heavy atom. The number of nitrogens with zero attached hydrogens (tertiary/aromatic N) is 2. The maximum absolute atomic E-state index is 15.0.